The summed E-state index contributed by atoms with van der Waals surface area (Å²) < 4.78 is 12.3. The van der Waals surface area contributed by atoms with Crippen LogP contribution in [0.3, 0.4) is 0 Å². The maximum Gasteiger partial charge on any atom is 0.236 e. The van der Waals surface area contributed by atoms with Crippen LogP contribution >= 0.6 is 0 Å². The number of hydrogen-bond donors (Lipinski definition) is 0. The minimum absolute atomic E-state index is 0.0999. The summed E-state index contributed by atoms with van der Waals surface area (Å²) >= 11 is 0. The Bertz CT molecular complexity index is 6360. The zero-order chi connectivity index (χ0) is 62.7. The highest BCUT2D eigenvalue weighted by atomic mass is 15.2. The molecule has 0 saturated heterocycles. The Morgan fingerprint density at radius 1 is 0.281 bits per heavy atom. The molecule has 6 heterocycles. The maximum atomic E-state index is 5.55. The Kier molecular flexibility index (Phi) is 11.2. The van der Waals surface area contributed by atoms with Crippen molar-refractivity contribution in [3.8, 4) is 67.4 Å². The molecule has 7 nitrogen and oxygen atoms in total. The van der Waals surface area contributed by atoms with Crippen LogP contribution in [0.25, 0.3) is 155 Å². The van der Waals surface area contributed by atoms with E-state index in [1.54, 1.807) is 0 Å². The van der Waals surface area contributed by atoms with E-state index < -0.39 is 0 Å². The molecule has 0 amide bonds. The molecule has 1 aliphatic heterocycles. The molecule has 21 rings (SSSR count). The maximum absolute atomic E-state index is 5.55. The first-order chi connectivity index (χ1) is 47.7. The molecule has 0 bridgehead atoms. The second kappa shape index (κ2) is 20.3. The second-order valence-electron chi connectivity index (χ2n) is 25.6. The molecule has 0 radical (unpaired) electrons. The number of allylic oxidation sites excluding steroid dienone is 2. The highest BCUT2D eigenvalue weighted by Crippen LogP contribution is 2.54. The lowest BCUT2D eigenvalue weighted by molar-refractivity contribution is 0.897. The lowest BCUT2D eigenvalue weighted by Gasteiger charge is -2.36. The summed E-state index contributed by atoms with van der Waals surface area (Å²) in [4.78, 5) is 8.07. The molecule has 0 saturated carbocycles. The number of hydrogen-bond acceptors (Lipinski definition) is 2. The van der Waals surface area contributed by atoms with E-state index in [-0.39, 0.29) is 6.04 Å². The number of anilines is 2. The number of para-hydroxylation sites is 8. The van der Waals surface area contributed by atoms with Crippen LogP contribution in [0.1, 0.15) is 0 Å². The molecular formula is C89H56N7+. The van der Waals surface area contributed by atoms with Gasteiger partial charge in [-0.05, 0) is 149 Å². The van der Waals surface area contributed by atoms with Crippen LogP contribution in [0.15, 0.2) is 334 Å². The fraction of sp³-hybridized carbons (Fsp3) is 0.0112. The molecule has 446 valence electrons. The number of aromatic nitrogens is 5. The molecule has 1 unspecified atom stereocenters. The minimum atomic E-state index is -0.0999. The minimum Gasteiger partial charge on any atom is -0.319 e. The topological polar surface area (TPSA) is 38.9 Å². The Balaban J connectivity index is 0.823. The smallest absolute Gasteiger partial charge is 0.236 e. The van der Waals surface area contributed by atoms with Crippen molar-refractivity contribution in [1.29, 1.82) is 0 Å². The van der Waals surface area contributed by atoms with E-state index in [1.807, 2.05) is 6.20 Å². The summed E-state index contributed by atoms with van der Waals surface area (Å²) in [6, 6.07) is 112. The Labute approximate surface area is 552 Å². The summed E-state index contributed by atoms with van der Waals surface area (Å²) in [5.74, 6) is 0. The van der Waals surface area contributed by atoms with Gasteiger partial charge in [-0.1, -0.05) is 182 Å². The van der Waals surface area contributed by atoms with Gasteiger partial charge in [0, 0.05) is 113 Å². The standard InChI is InChI=1S/C89H56N7/c1-3-22-56(23-4-1)91-85-39-19-20-40-86(85)92(57-24-5-2-6-25-57)88-55-76-73(54-87(88)91)72-51-59(96-82-38-18-12-31-69(82)75-53-61(44-48-84(75)96)94-79-35-15-9-28-66(79)67-29-10-16-36-80(67)94)42-46-63(72)62-45-41-58(50-71(62)70-32-21-49-90-89(70)76)95-81-37-17-11-30-68(81)74-52-60(43-47-83(74)95)93-77-33-13-7-26-64(77)65-27-8-14-34-78(65)93/h1-55,86H/q+1. The van der Waals surface area contributed by atoms with Crippen molar-refractivity contribution in [3.05, 3.63) is 334 Å². The molecule has 0 spiro atoms. The van der Waals surface area contributed by atoms with E-state index in [2.05, 4.69) is 355 Å². The zero-order valence-electron chi connectivity index (χ0n) is 52.0. The van der Waals surface area contributed by atoms with Crippen LogP contribution < -0.4 is 9.48 Å². The summed E-state index contributed by atoms with van der Waals surface area (Å²) in [6.07, 6.45) is 11.0. The fourth-order valence-corrected chi connectivity index (χ4v) is 16.6. The molecule has 1 atom stereocenters. The first kappa shape index (κ1) is 52.7. The third kappa shape index (κ3) is 7.53. The number of rotatable bonds is 6. The highest BCUT2D eigenvalue weighted by molar-refractivity contribution is 6.17. The molecule has 7 heteroatoms. The van der Waals surface area contributed by atoms with Gasteiger partial charge in [-0.2, -0.15) is 4.58 Å². The van der Waals surface area contributed by atoms with Crippen molar-refractivity contribution in [1.82, 2.24) is 27.8 Å². The summed E-state index contributed by atoms with van der Waals surface area (Å²) in [6.45, 7) is 0. The number of pyridine rings is 1. The van der Waals surface area contributed by atoms with Crippen LogP contribution in [0, 0.1) is 0 Å². The van der Waals surface area contributed by atoms with Gasteiger partial charge in [-0.3, -0.25) is 4.98 Å². The number of benzene rings is 13. The Morgan fingerprint density at radius 3 is 1.19 bits per heavy atom. The van der Waals surface area contributed by atoms with E-state index in [1.165, 1.54) is 70.9 Å². The molecule has 5 aromatic heterocycles. The molecule has 0 fully saturated rings. The Hall–Kier alpha value is -12.8. The van der Waals surface area contributed by atoms with Crippen LogP contribution in [0.2, 0.25) is 0 Å². The van der Waals surface area contributed by atoms with Gasteiger partial charge >= 0.3 is 0 Å². The van der Waals surface area contributed by atoms with Crippen LogP contribution in [0.4, 0.5) is 22.7 Å². The lowest BCUT2D eigenvalue weighted by Crippen LogP contribution is -2.44. The normalized spacial score (nSPS) is 14.0. The van der Waals surface area contributed by atoms with Crippen LogP contribution in [0.5, 0.6) is 0 Å². The van der Waals surface area contributed by atoms with Gasteiger partial charge < -0.3 is 23.2 Å². The van der Waals surface area contributed by atoms with E-state index in [0.717, 1.165) is 112 Å². The highest BCUT2D eigenvalue weighted by Gasteiger charge is 2.42. The molecule has 96 heavy (non-hydrogen) atoms. The lowest BCUT2D eigenvalue weighted by atomic mass is 9.81. The van der Waals surface area contributed by atoms with Crippen molar-refractivity contribution in [3.63, 3.8) is 0 Å². The molecular weight excluding hydrogens is 1170 g/mol. The third-order valence-corrected chi connectivity index (χ3v) is 20.6. The molecule has 13 aromatic carbocycles. The van der Waals surface area contributed by atoms with Crippen molar-refractivity contribution >= 4 is 116 Å². The first-order valence-electron chi connectivity index (χ1n) is 33.0. The largest absolute Gasteiger partial charge is 0.319 e. The van der Waals surface area contributed by atoms with Gasteiger partial charge in [0.1, 0.15) is 11.7 Å². The average Bonchev–Trinajstić information content (AvgIpc) is 0.898. The number of nitrogens with zero attached hydrogens (tertiary/aromatic N) is 7. The van der Waals surface area contributed by atoms with Crippen molar-refractivity contribution in [2.75, 3.05) is 4.90 Å². The van der Waals surface area contributed by atoms with E-state index in [9.17, 15) is 0 Å². The third-order valence-electron chi connectivity index (χ3n) is 20.6. The summed E-state index contributed by atoms with van der Waals surface area (Å²) in [5.41, 5.74) is 27.9. The quantitative estimate of drug-likeness (QED) is 0.156. The Morgan fingerprint density at radius 2 is 0.688 bits per heavy atom. The van der Waals surface area contributed by atoms with E-state index in [0.29, 0.717) is 0 Å². The first-order valence-corrected chi connectivity index (χ1v) is 33.0. The van der Waals surface area contributed by atoms with Crippen LogP contribution in [-0.2, 0) is 0 Å². The van der Waals surface area contributed by atoms with Crippen LogP contribution in [-0.4, -0.2) is 35.0 Å². The van der Waals surface area contributed by atoms with Gasteiger partial charge in [0.15, 0.2) is 0 Å². The summed E-state index contributed by atoms with van der Waals surface area (Å²) in [7, 11) is 0. The van der Waals surface area contributed by atoms with Crippen molar-refractivity contribution in [2.24, 2.45) is 0 Å². The predicted molar refractivity (Wildman–Crippen MR) is 400 cm³/mol. The van der Waals surface area contributed by atoms with Crippen molar-refractivity contribution < 1.29 is 0 Å². The van der Waals surface area contributed by atoms with Gasteiger partial charge in [0.25, 0.3) is 0 Å². The predicted octanol–water partition coefficient (Wildman–Crippen LogP) is 22.4. The average molecular weight is 1220 g/mol. The van der Waals surface area contributed by atoms with Gasteiger partial charge in [0.2, 0.25) is 17.1 Å². The fourth-order valence-electron chi connectivity index (χ4n) is 16.6. The summed E-state index contributed by atoms with van der Waals surface area (Å²) in [5, 5.41) is 9.77. The SMILES string of the molecule is C1=CC2=[N+](c3ccccc3)c3cc4c(cc3N(c3ccccc3)C2C=C1)-c1ncccc1-c1cc(-n2c3ccccc3c3cc(-n5c6ccccc6c6ccccc65)ccc32)ccc1-c1ccc(-n2c3ccccc3c3cc(-n5c6ccccc6c6ccccc65)ccc32)cc1-4. The van der Waals surface area contributed by atoms with E-state index in [4.69, 9.17) is 4.98 Å². The molecule has 0 N–H and O–H groups in total. The van der Waals surface area contributed by atoms with Gasteiger partial charge in [-0.15, -0.1) is 0 Å². The molecule has 18 aromatic rings. The zero-order valence-corrected chi connectivity index (χ0v) is 52.0. The second-order valence-corrected chi connectivity index (χ2v) is 25.6. The monoisotopic (exact) mass is 1220 g/mol. The van der Waals surface area contributed by atoms with Gasteiger partial charge in [0.05, 0.1) is 49.8 Å². The van der Waals surface area contributed by atoms with E-state index >= 15 is 0 Å². The van der Waals surface area contributed by atoms with Crippen molar-refractivity contribution in [2.45, 2.75) is 6.04 Å². The molecule has 3 aliphatic rings. The van der Waals surface area contributed by atoms with Gasteiger partial charge in [-0.25, -0.2) is 0 Å². The molecule has 2 aliphatic carbocycles. The number of fused-ring (bicyclic) bond motifs is 22.